The molecule has 0 heterocycles. The van der Waals surface area contributed by atoms with Gasteiger partial charge in [-0.2, -0.15) is 0 Å². The Morgan fingerprint density at radius 2 is 1.87 bits per heavy atom. The number of hydrogen-bond donors (Lipinski definition) is 6. The lowest BCUT2D eigenvalue weighted by Gasteiger charge is -2.19. The molecule has 12 heteroatoms. The molecule has 1 rings (SSSR count). The van der Waals surface area contributed by atoms with Crippen LogP contribution >= 0.6 is 11.8 Å². The summed E-state index contributed by atoms with van der Waals surface area (Å²) in [5.74, 6) is -3.81. The number of aromatic hydroxyl groups is 1. The van der Waals surface area contributed by atoms with Crippen molar-refractivity contribution in [3.8, 4) is 5.75 Å². The number of rotatable bonds is 12. The molecule has 0 aliphatic carbocycles. The molecule has 166 valence electrons. The first-order valence-corrected chi connectivity index (χ1v) is 9.90. The van der Waals surface area contributed by atoms with Gasteiger partial charge in [0, 0.05) is 32.0 Å². The Morgan fingerprint density at radius 3 is 2.43 bits per heavy atom. The summed E-state index contributed by atoms with van der Waals surface area (Å²) in [5, 5.41) is 32.2. The predicted octanol–water partition coefficient (Wildman–Crippen LogP) is -0.572. The molecular formula is C18H26N4O7S. The van der Waals surface area contributed by atoms with Gasteiger partial charge in [-0.05, 0) is 24.6 Å². The summed E-state index contributed by atoms with van der Waals surface area (Å²) >= 11 is 1.10. The number of carbonyl (C=O) groups is 4. The van der Waals surface area contributed by atoms with Crippen molar-refractivity contribution in [2.24, 2.45) is 5.73 Å². The van der Waals surface area contributed by atoms with E-state index in [1.165, 1.54) is 6.07 Å². The van der Waals surface area contributed by atoms with Crippen molar-refractivity contribution in [2.45, 2.75) is 29.8 Å². The van der Waals surface area contributed by atoms with Crippen molar-refractivity contribution in [3.63, 3.8) is 0 Å². The average Bonchev–Trinajstić information content (AvgIpc) is 2.67. The number of phenols is 1. The number of phenolic OH excluding ortho intramolecular Hbond substituents is 1. The smallest absolute Gasteiger partial charge is 0.322 e. The van der Waals surface area contributed by atoms with Gasteiger partial charge in [0.15, 0.2) is 0 Å². The molecule has 0 bridgehead atoms. The van der Waals surface area contributed by atoms with E-state index in [1.54, 1.807) is 12.1 Å². The summed E-state index contributed by atoms with van der Waals surface area (Å²) in [7, 11) is 3.65. The number of hydrogen-bond acceptors (Lipinski definition) is 8. The molecule has 2 amide bonds. The third-order valence-corrected chi connectivity index (χ3v) is 5.07. The van der Waals surface area contributed by atoms with Crippen molar-refractivity contribution >= 4 is 41.2 Å². The zero-order chi connectivity index (χ0) is 22.8. The van der Waals surface area contributed by atoms with Crippen LogP contribution in [0.2, 0.25) is 0 Å². The standard InChI is InChI=1S/C18H26N4O7S/c1-22(2)10-3-5-13(23)14(7-10)30-9-12(17(27)20-8-16(25)26)21-15(24)6-4-11(19)18(28)29/h3,5,7,11-12,23H,4,6,8-9,19H2,1-2H3,(H,20,27)(H,21,24)(H,25,26)(H,28,29)/t11-,12-/m0/s1. The number of aliphatic carboxylic acids is 2. The number of anilines is 1. The Kier molecular flexibility index (Phi) is 9.92. The predicted molar refractivity (Wildman–Crippen MR) is 111 cm³/mol. The normalized spacial score (nSPS) is 12.5. The van der Waals surface area contributed by atoms with Crippen molar-refractivity contribution in [1.82, 2.24) is 10.6 Å². The third kappa shape index (κ3) is 8.57. The molecule has 0 aromatic heterocycles. The number of nitrogens with zero attached hydrogens (tertiary/aromatic N) is 1. The molecule has 0 aliphatic rings. The minimum Gasteiger partial charge on any atom is -0.507 e. The maximum atomic E-state index is 12.3. The number of carbonyl (C=O) groups excluding carboxylic acids is 2. The number of carboxylic acid groups (broad SMARTS) is 2. The minimum absolute atomic E-state index is 0.00551. The molecular weight excluding hydrogens is 416 g/mol. The van der Waals surface area contributed by atoms with E-state index in [1.807, 2.05) is 19.0 Å². The van der Waals surface area contributed by atoms with E-state index in [9.17, 15) is 24.3 Å². The van der Waals surface area contributed by atoms with Gasteiger partial charge < -0.3 is 36.6 Å². The molecule has 30 heavy (non-hydrogen) atoms. The number of carboxylic acids is 2. The van der Waals surface area contributed by atoms with Crippen LogP contribution in [0.25, 0.3) is 0 Å². The summed E-state index contributed by atoms with van der Waals surface area (Å²) < 4.78 is 0. The van der Waals surface area contributed by atoms with Gasteiger partial charge in [0.2, 0.25) is 11.8 Å². The van der Waals surface area contributed by atoms with E-state index >= 15 is 0 Å². The number of benzene rings is 1. The molecule has 1 aromatic carbocycles. The first-order chi connectivity index (χ1) is 14.0. The maximum Gasteiger partial charge on any atom is 0.322 e. The van der Waals surface area contributed by atoms with E-state index < -0.39 is 42.4 Å². The number of nitrogens with two attached hydrogens (primary N) is 1. The largest absolute Gasteiger partial charge is 0.507 e. The Balaban J connectivity index is 2.84. The second-order valence-electron chi connectivity index (χ2n) is 6.57. The van der Waals surface area contributed by atoms with Crippen LogP contribution in [0.3, 0.4) is 0 Å². The zero-order valence-corrected chi connectivity index (χ0v) is 17.4. The number of nitrogens with one attached hydrogen (secondary N) is 2. The van der Waals surface area contributed by atoms with Crippen molar-refractivity contribution < 1.29 is 34.5 Å². The van der Waals surface area contributed by atoms with Crippen LogP contribution in [-0.2, 0) is 19.2 Å². The van der Waals surface area contributed by atoms with E-state index in [2.05, 4.69) is 10.6 Å². The Labute approximate surface area is 177 Å². The Hall–Kier alpha value is -2.99. The van der Waals surface area contributed by atoms with E-state index in [0.29, 0.717) is 4.90 Å². The molecule has 11 nitrogen and oxygen atoms in total. The van der Waals surface area contributed by atoms with Gasteiger partial charge in [-0.25, -0.2) is 0 Å². The molecule has 0 spiro atoms. The lowest BCUT2D eigenvalue weighted by atomic mass is 10.1. The van der Waals surface area contributed by atoms with Crippen LogP contribution in [0.15, 0.2) is 23.1 Å². The monoisotopic (exact) mass is 442 g/mol. The van der Waals surface area contributed by atoms with Crippen LogP contribution in [-0.4, -0.2) is 77.5 Å². The fraction of sp³-hybridized carbons (Fsp3) is 0.444. The molecule has 0 aliphatic heterocycles. The first kappa shape index (κ1) is 25.0. The molecule has 0 fully saturated rings. The van der Waals surface area contributed by atoms with Crippen molar-refractivity contribution in [2.75, 3.05) is 31.3 Å². The van der Waals surface area contributed by atoms with E-state index in [0.717, 1.165) is 17.4 Å². The Morgan fingerprint density at radius 1 is 1.20 bits per heavy atom. The van der Waals surface area contributed by atoms with Gasteiger partial charge in [0.25, 0.3) is 0 Å². The highest BCUT2D eigenvalue weighted by atomic mass is 32.2. The summed E-state index contributed by atoms with van der Waals surface area (Å²) in [5.41, 5.74) is 6.18. The van der Waals surface area contributed by atoms with Gasteiger partial charge in [0.05, 0.1) is 4.90 Å². The van der Waals surface area contributed by atoms with Gasteiger partial charge in [-0.15, -0.1) is 11.8 Å². The second kappa shape index (κ2) is 11.9. The van der Waals surface area contributed by atoms with Crippen molar-refractivity contribution in [3.05, 3.63) is 18.2 Å². The van der Waals surface area contributed by atoms with Gasteiger partial charge in [-0.3, -0.25) is 19.2 Å². The summed E-state index contributed by atoms with van der Waals surface area (Å²) in [6.45, 7) is -0.624. The van der Waals surface area contributed by atoms with Crippen molar-refractivity contribution in [1.29, 1.82) is 0 Å². The van der Waals surface area contributed by atoms with Crippen LogP contribution in [0.5, 0.6) is 5.75 Å². The van der Waals surface area contributed by atoms with Crippen LogP contribution < -0.4 is 21.3 Å². The highest BCUT2D eigenvalue weighted by molar-refractivity contribution is 7.99. The average molecular weight is 442 g/mol. The number of amides is 2. The topological polar surface area (TPSA) is 182 Å². The van der Waals surface area contributed by atoms with E-state index in [4.69, 9.17) is 15.9 Å². The van der Waals surface area contributed by atoms with Crippen LogP contribution in [0.1, 0.15) is 12.8 Å². The summed E-state index contributed by atoms with van der Waals surface area (Å²) in [4.78, 5) is 48.2. The molecule has 0 unspecified atom stereocenters. The molecule has 2 atom stereocenters. The molecule has 0 radical (unpaired) electrons. The fourth-order valence-corrected chi connectivity index (χ4v) is 3.22. The Bertz CT molecular complexity index is 788. The van der Waals surface area contributed by atoms with E-state index in [-0.39, 0.29) is 24.3 Å². The van der Waals surface area contributed by atoms with Gasteiger partial charge in [-0.1, -0.05) is 0 Å². The van der Waals surface area contributed by atoms with Gasteiger partial charge >= 0.3 is 11.9 Å². The summed E-state index contributed by atoms with van der Waals surface area (Å²) in [6, 6.07) is 2.60. The highest BCUT2D eigenvalue weighted by Gasteiger charge is 2.23. The SMILES string of the molecule is CN(C)c1ccc(O)c(SC[C@H](NC(=O)CC[C@H](N)C(=O)O)C(=O)NCC(=O)O)c1. The quantitative estimate of drug-likeness (QED) is 0.229. The lowest BCUT2D eigenvalue weighted by Crippen LogP contribution is -2.49. The highest BCUT2D eigenvalue weighted by Crippen LogP contribution is 2.32. The fourth-order valence-electron chi connectivity index (χ4n) is 2.22. The third-order valence-electron chi connectivity index (χ3n) is 3.93. The van der Waals surface area contributed by atoms with Crippen LogP contribution in [0.4, 0.5) is 5.69 Å². The molecule has 1 aromatic rings. The molecule has 0 saturated carbocycles. The molecule has 0 saturated heterocycles. The van der Waals surface area contributed by atoms with Gasteiger partial charge in [0.1, 0.15) is 24.4 Å². The minimum atomic E-state index is -1.25. The summed E-state index contributed by atoms with van der Waals surface area (Å²) in [6.07, 6.45) is -0.342. The lowest BCUT2D eigenvalue weighted by molar-refractivity contribution is -0.139. The first-order valence-electron chi connectivity index (χ1n) is 8.91. The zero-order valence-electron chi connectivity index (χ0n) is 16.6. The second-order valence-corrected chi connectivity index (χ2v) is 7.63. The van der Waals surface area contributed by atoms with Crippen LogP contribution in [0, 0.1) is 0 Å². The maximum absolute atomic E-state index is 12.3. The number of thioether (sulfide) groups is 1. The molecule has 7 N–H and O–H groups in total.